The Labute approximate surface area is 87.2 Å². The minimum atomic E-state index is -0.206. The van der Waals surface area contributed by atoms with Crippen LogP contribution in [-0.2, 0) is 9.53 Å². The molecule has 1 unspecified atom stereocenters. The van der Waals surface area contributed by atoms with Gasteiger partial charge in [0.05, 0.1) is 6.10 Å². The quantitative estimate of drug-likeness (QED) is 0.669. The minimum absolute atomic E-state index is 0.0338. The SMILES string of the molecule is CCC(CC)NC(C)C(=O)OC(C)C. The predicted octanol–water partition coefficient (Wildman–Crippen LogP) is 2.10. The lowest BCUT2D eigenvalue weighted by atomic mass is 10.1. The first-order chi connectivity index (χ1) is 6.51. The van der Waals surface area contributed by atoms with Gasteiger partial charge in [0.2, 0.25) is 0 Å². The number of carbonyl (C=O) groups excluding carboxylic acids is 1. The molecular weight excluding hydrogens is 178 g/mol. The molecule has 0 aliphatic heterocycles. The van der Waals surface area contributed by atoms with E-state index in [1.807, 2.05) is 20.8 Å². The molecule has 0 bridgehead atoms. The van der Waals surface area contributed by atoms with E-state index in [4.69, 9.17) is 4.74 Å². The van der Waals surface area contributed by atoms with Crippen LogP contribution in [0.5, 0.6) is 0 Å². The maximum absolute atomic E-state index is 11.4. The summed E-state index contributed by atoms with van der Waals surface area (Å²) in [6.45, 7) is 9.80. The van der Waals surface area contributed by atoms with Crippen molar-refractivity contribution in [1.82, 2.24) is 5.32 Å². The van der Waals surface area contributed by atoms with Crippen molar-refractivity contribution in [3.05, 3.63) is 0 Å². The Kier molecular flexibility index (Phi) is 6.54. The summed E-state index contributed by atoms with van der Waals surface area (Å²) in [4.78, 5) is 11.4. The van der Waals surface area contributed by atoms with Gasteiger partial charge in [0.15, 0.2) is 0 Å². The predicted molar refractivity (Wildman–Crippen MR) is 58.2 cm³/mol. The third kappa shape index (κ3) is 5.22. The Morgan fingerprint density at radius 3 is 2.07 bits per heavy atom. The summed E-state index contributed by atoms with van der Waals surface area (Å²) in [5, 5.41) is 3.25. The summed E-state index contributed by atoms with van der Waals surface area (Å²) in [7, 11) is 0. The van der Waals surface area contributed by atoms with Crippen LogP contribution in [0, 0.1) is 0 Å². The summed E-state index contributed by atoms with van der Waals surface area (Å²) >= 11 is 0. The number of nitrogens with one attached hydrogen (secondary N) is 1. The van der Waals surface area contributed by atoms with Gasteiger partial charge < -0.3 is 10.1 Å². The molecular formula is C11H23NO2. The van der Waals surface area contributed by atoms with Crippen LogP contribution in [0.1, 0.15) is 47.5 Å². The highest BCUT2D eigenvalue weighted by Crippen LogP contribution is 2.00. The van der Waals surface area contributed by atoms with Crippen LogP contribution in [-0.4, -0.2) is 24.2 Å². The van der Waals surface area contributed by atoms with Gasteiger partial charge in [-0.3, -0.25) is 4.79 Å². The van der Waals surface area contributed by atoms with Crippen LogP contribution in [0.3, 0.4) is 0 Å². The van der Waals surface area contributed by atoms with Crippen LogP contribution in [0.4, 0.5) is 0 Å². The number of rotatable bonds is 6. The molecule has 3 nitrogen and oxygen atoms in total. The van der Waals surface area contributed by atoms with Crippen LogP contribution in [0.2, 0.25) is 0 Å². The molecule has 0 aromatic carbocycles. The summed E-state index contributed by atoms with van der Waals surface area (Å²) in [6.07, 6.45) is 2.04. The van der Waals surface area contributed by atoms with Crippen molar-refractivity contribution in [2.24, 2.45) is 0 Å². The zero-order valence-electron chi connectivity index (χ0n) is 9.96. The number of esters is 1. The average molecular weight is 201 g/mol. The van der Waals surface area contributed by atoms with Crippen molar-refractivity contribution in [2.45, 2.75) is 65.6 Å². The third-order valence-electron chi connectivity index (χ3n) is 2.18. The Bertz CT molecular complexity index is 165. The molecule has 0 fully saturated rings. The van der Waals surface area contributed by atoms with Gasteiger partial charge >= 0.3 is 5.97 Å². The largest absolute Gasteiger partial charge is 0.462 e. The normalized spacial score (nSPS) is 13.4. The van der Waals surface area contributed by atoms with Gasteiger partial charge in [-0.1, -0.05) is 13.8 Å². The molecule has 1 atom stereocenters. The monoisotopic (exact) mass is 201 g/mol. The van der Waals surface area contributed by atoms with Crippen LogP contribution in [0.25, 0.3) is 0 Å². The second kappa shape index (κ2) is 6.82. The maximum atomic E-state index is 11.4. The Hall–Kier alpha value is -0.570. The summed E-state index contributed by atoms with van der Waals surface area (Å²) in [6, 6.07) is 0.201. The number of carbonyl (C=O) groups is 1. The highest BCUT2D eigenvalue weighted by molar-refractivity contribution is 5.75. The molecule has 0 heterocycles. The fourth-order valence-electron chi connectivity index (χ4n) is 1.28. The lowest BCUT2D eigenvalue weighted by Crippen LogP contribution is -2.42. The van der Waals surface area contributed by atoms with E-state index >= 15 is 0 Å². The zero-order valence-corrected chi connectivity index (χ0v) is 9.96. The van der Waals surface area contributed by atoms with Crippen LogP contribution in [0.15, 0.2) is 0 Å². The molecule has 0 aromatic rings. The standard InChI is InChI=1S/C11H23NO2/c1-6-10(7-2)12-9(5)11(13)14-8(3)4/h8-10,12H,6-7H2,1-5H3. The first kappa shape index (κ1) is 13.4. The number of ether oxygens (including phenoxy) is 1. The molecule has 0 radical (unpaired) electrons. The Balaban J connectivity index is 3.93. The fourth-order valence-corrected chi connectivity index (χ4v) is 1.28. The number of hydrogen-bond donors (Lipinski definition) is 1. The first-order valence-electron chi connectivity index (χ1n) is 5.47. The van der Waals surface area contributed by atoms with Gasteiger partial charge in [-0.2, -0.15) is 0 Å². The van der Waals surface area contributed by atoms with E-state index in [2.05, 4.69) is 19.2 Å². The molecule has 14 heavy (non-hydrogen) atoms. The van der Waals surface area contributed by atoms with E-state index in [0.29, 0.717) is 6.04 Å². The van der Waals surface area contributed by atoms with Gasteiger partial charge in [0.1, 0.15) is 6.04 Å². The van der Waals surface area contributed by atoms with Crippen LogP contribution < -0.4 is 5.32 Å². The molecule has 0 aliphatic rings. The van der Waals surface area contributed by atoms with Crippen molar-refractivity contribution >= 4 is 5.97 Å². The van der Waals surface area contributed by atoms with E-state index < -0.39 is 0 Å². The smallest absolute Gasteiger partial charge is 0.323 e. The van der Waals surface area contributed by atoms with E-state index in [-0.39, 0.29) is 18.1 Å². The fraction of sp³-hybridized carbons (Fsp3) is 0.909. The van der Waals surface area contributed by atoms with E-state index in [1.54, 1.807) is 0 Å². The van der Waals surface area contributed by atoms with E-state index in [9.17, 15) is 4.79 Å². The second-order valence-electron chi connectivity index (χ2n) is 3.89. The molecule has 1 N–H and O–H groups in total. The first-order valence-corrected chi connectivity index (χ1v) is 5.47. The third-order valence-corrected chi connectivity index (χ3v) is 2.18. The molecule has 0 spiro atoms. The zero-order chi connectivity index (χ0) is 11.1. The van der Waals surface area contributed by atoms with Crippen molar-refractivity contribution in [1.29, 1.82) is 0 Å². The molecule has 0 amide bonds. The van der Waals surface area contributed by atoms with E-state index in [0.717, 1.165) is 12.8 Å². The van der Waals surface area contributed by atoms with Crippen molar-refractivity contribution in [3.63, 3.8) is 0 Å². The van der Waals surface area contributed by atoms with Gasteiger partial charge in [0, 0.05) is 6.04 Å². The maximum Gasteiger partial charge on any atom is 0.323 e. The van der Waals surface area contributed by atoms with Crippen molar-refractivity contribution in [2.75, 3.05) is 0 Å². The summed E-state index contributed by atoms with van der Waals surface area (Å²) in [5.41, 5.74) is 0. The van der Waals surface area contributed by atoms with Gasteiger partial charge in [0.25, 0.3) is 0 Å². The van der Waals surface area contributed by atoms with E-state index in [1.165, 1.54) is 0 Å². The summed E-state index contributed by atoms with van der Waals surface area (Å²) < 4.78 is 5.10. The molecule has 0 saturated heterocycles. The van der Waals surface area contributed by atoms with Crippen molar-refractivity contribution in [3.8, 4) is 0 Å². The molecule has 3 heteroatoms. The van der Waals surface area contributed by atoms with Crippen molar-refractivity contribution < 1.29 is 9.53 Å². The highest BCUT2D eigenvalue weighted by Gasteiger charge is 2.17. The molecule has 0 saturated carbocycles. The topological polar surface area (TPSA) is 38.3 Å². The lowest BCUT2D eigenvalue weighted by molar-refractivity contribution is -0.149. The lowest BCUT2D eigenvalue weighted by Gasteiger charge is -2.20. The highest BCUT2D eigenvalue weighted by atomic mass is 16.5. The Morgan fingerprint density at radius 1 is 1.21 bits per heavy atom. The molecule has 0 aromatic heterocycles. The minimum Gasteiger partial charge on any atom is -0.462 e. The number of hydrogen-bond acceptors (Lipinski definition) is 3. The van der Waals surface area contributed by atoms with Gasteiger partial charge in [-0.05, 0) is 33.6 Å². The average Bonchev–Trinajstić information content (AvgIpc) is 2.12. The van der Waals surface area contributed by atoms with Gasteiger partial charge in [-0.25, -0.2) is 0 Å². The molecule has 84 valence electrons. The summed E-state index contributed by atoms with van der Waals surface area (Å²) in [5.74, 6) is -0.160. The molecule has 0 rings (SSSR count). The Morgan fingerprint density at radius 2 is 1.71 bits per heavy atom. The second-order valence-corrected chi connectivity index (χ2v) is 3.89. The molecule has 0 aliphatic carbocycles. The van der Waals surface area contributed by atoms with Crippen LogP contribution >= 0.6 is 0 Å². The van der Waals surface area contributed by atoms with Gasteiger partial charge in [-0.15, -0.1) is 0 Å².